The third kappa shape index (κ3) is 3.45. The second-order valence-corrected chi connectivity index (χ2v) is 6.93. The van der Waals surface area contributed by atoms with Gasteiger partial charge < -0.3 is 18.9 Å². The third-order valence-electron chi connectivity index (χ3n) is 5.23. The van der Waals surface area contributed by atoms with Gasteiger partial charge >= 0.3 is 0 Å². The summed E-state index contributed by atoms with van der Waals surface area (Å²) in [5.41, 5.74) is 2.43. The number of rotatable bonds is 6. The summed E-state index contributed by atoms with van der Waals surface area (Å²) in [5.74, 6) is 1.96. The number of amides is 1. The Labute approximate surface area is 163 Å². The molecule has 0 N–H and O–H groups in total. The van der Waals surface area contributed by atoms with Crippen molar-refractivity contribution in [2.24, 2.45) is 0 Å². The fourth-order valence-electron chi connectivity index (χ4n) is 3.76. The lowest BCUT2D eigenvalue weighted by Gasteiger charge is -2.17. The predicted molar refractivity (Wildman–Crippen MR) is 106 cm³/mol. The first-order valence-electron chi connectivity index (χ1n) is 9.44. The van der Waals surface area contributed by atoms with Gasteiger partial charge in [-0.05, 0) is 42.8 Å². The van der Waals surface area contributed by atoms with E-state index in [1.54, 1.807) is 20.4 Å². The van der Waals surface area contributed by atoms with E-state index in [9.17, 15) is 4.79 Å². The molecule has 146 valence electrons. The second kappa shape index (κ2) is 7.98. The number of aromatic nitrogens is 3. The Kier molecular flexibility index (Phi) is 5.25. The number of hydrogen-bond acceptors (Lipinski definition) is 5. The highest BCUT2D eigenvalue weighted by Gasteiger charge is 2.31. The Hall–Kier alpha value is -2.93. The molecule has 2 aromatic heterocycles. The molecule has 0 bridgehead atoms. The highest BCUT2D eigenvalue weighted by Crippen LogP contribution is 2.30. The number of nitrogens with zero attached hydrogens (tertiary/aromatic N) is 4. The number of pyridine rings is 1. The summed E-state index contributed by atoms with van der Waals surface area (Å²) in [5, 5.41) is 0. The van der Waals surface area contributed by atoms with Gasteiger partial charge in [-0.3, -0.25) is 4.79 Å². The molecule has 1 saturated heterocycles. The fourth-order valence-corrected chi connectivity index (χ4v) is 3.76. The molecule has 1 atom stereocenters. The molecule has 1 amide bonds. The maximum atomic E-state index is 12.9. The van der Waals surface area contributed by atoms with Gasteiger partial charge in [-0.15, -0.1) is 0 Å². The van der Waals surface area contributed by atoms with Crippen LogP contribution in [0.5, 0.6) is 5.75 Å². The van der Waals surface area contributed by atoms with Gasteiger partial charge in [0.15, 0.2) is 5.65 Å². The molecule has 1 aliphatic rings. The molecule has 1 aromatic carbocycles. The minimum Gasteiger partial charge on any atom is -0.497 e. The summed E-state index contributed by atoms with van der Waals surface area (Å²) >= 11 is 0. The van der Waals surface area contributed by atoms with Gasteiger partial charge in [-0.25, -0.2) is 9.97 Å². The van der Waals surface area contributed by atoms with Crippen LogP contribution in [0.25, 0.3) is 11.2 Å². The van der Waals surface area contributed by atoms with Crippen LogP contribution in [-0.2, 0) is 11.3 Å². The summed E-state index contributed by atoms with van der Waals surface area (Å²) < 4.78 is 12.6. The Morgan fingerprint density at radius 2 is 2.04 bits per heavy atom. The van der Waals surface area contributed by atoms with E-state index < -0.39 is 0 Å². The van der Waals surface area contributed by atoms with Crippen LogP contribution >= 0.6 is 0 Å². The smallest absolute Gasteiger partial charge is 0.253 e. The zero-order valence-electron chi connectivity index (χ0n) is 16.2. The number of imidazole rings is 1. The van der Waals surface area contributed by atoms with Crippen LogP contribution in [0.4, 0.5) is 0 Å². The lowest BCUT2D eigenvalue weighted by atomic mass is 10.1. The number of carbonyl (C=O) groups is 1. The number of likely N-dealkylation sites (tertiary alicyclic amines) is 1. The van der Waals surface area contributed by atoms with Crippen molar-refractivity contribution in [3.63, 3.8) is 0 Å². The van der Waals surface area contributed by atoms with Crippen LogP contribution in [0.1, 0.15) is 28.5 Å². The number of fused-ring (bicyclic) bond motifs is 1. The van der Waals surface area contributed by atoms with Crippen molar-refractivity contribution in [2.45, 2.75) is 18.9 Å². The van der Waals surface area contributed by atoms with Gasteiger partial charge in [-0.1, -0.05) is 0 Å². The first-order chi connectivity index (χ1) is 13.7. The van der Waals surface area contributed by atoms with E-state index in [1.807, 2.05) is 41.3 Å². The van der Waals surface area contributed by atoms with Crippen LogP contribution in [0.15, 0.2) is 42.6 Å². The molecule has 0 saturated carbocycles. The van der Waals surface area contributed by atoms with Crippen LogP contribution in [0.3, 0.4) is 0 Å². The summed E-state index contributed by atoms with van der Waals surface area (Å²) in [6, 6.07) is 11.1. The summed E-state index contributed by atoms with van der Waals surface area (Å²) in [6.07, 6.45) is 2.67. The zero-order valence-corrected chi connectivity index (χ0v) is 16.2. The van der Waals surface area contributed by atoms with Crippen molar-refractivity contribution in [3.8, 4) is 5.75 Å². The molecular formula is C21H24N4O3. The Balaban J connectivity index is 1.55. The van der Waals surface area contributed by atoms with Crippen LogP contribution in [0.2, 0.25) is 0 Å². The van der Waals surface area contributed by atoms with Crippen molar-refractivity contribution < 1.29 is 14.3 Å². The quantitative estimate of drug-likeness (QED) is 0.658. The average molecular weight is 380 g/mol. The highest BCUT2D eigenvalue weighted by atomic mass is 16.5. The van der Waals surface area contributed by atoms with Gasteiger partial charge in [0.1, 0.15) is 17.1 Å². The van der Waals surface area contributed by atoms with Gasteiger partial charge in [0.2, 0.25) is 0 Å². The second-order valence-electron chi connectivity index (χ2n) is 6.93. The molecule has 0 radical (unpaired) electrons. The van der Waals surface area contributed by atoms with Crippen molar-refractivity contribution >= 4 is 17.1 Å². The molecule has 0 aliphatic carbocycles. The highest BCUT2D eigenvalue weighted by molar-refractivity contribution is 5.94. The standard InChI is InChI=1S/C21H24N4O3/c1-27-13-12-25-19(23-18-4-3-10-22-20(18)25)16-9-11-24(14-16)21(26)15-5-7-17(28-2)8-6-15/h3-8,10,16H,9,11-14H2,1-2H3/t16-/m1/s1. The maximum absolute atomic E-state index is 12.9. The van der Waals surface area contributed by atoms with E-state index in [0.717, 1.165) is 35.7 Å². The maximum Gasteiger partial charge on any atom is 0.253 e. The van der Waals surface area contributed by atoms with Crippen molar-refractivity contribution in [2.75, 3.05) is 33.9 Å². The predicted octanol–water partition coefficient (Wildman–Crippen LogP) is 2.72. The van der Waals surface area contributed by atoms with E-state index in [-0.39, 0.29) is 11.8 Å². The van der Waals surface area contributed by atoms with E-state index in [0.29, 0.717) is 25.3 Å². The largest absolute Gasteiger partial charge is 0.497 e. The summed E-state index contributed by atoms with van der Waals surface area (Å²) in [4.78, 5) is 24.1. The molecular weight excluding hydrogens is 356 g/mol. The third-order valence-corrected chi connectivity index (χ3v) is 5.23. The van der Waals surface area contributed by atoms with E-state index in [2.05, 4.69) is 9.55 Å². The number of methoxy groups -OCH3 is 2. The lowest BCUT2D eigenvalue weighted by molar-refractivity contribution is 0.0790. The molecule has 0 spiro atoms. The summed E-state index contributed by atoms with van der Waals surface area (Å²) in [6.45, 7) is 2.66. The lowest BCUT2D eigenvalue weighted by Crippen LogP contribution is -2.28. The van der Waals surface area contributed by atoms with Crippen molar-refractivity contribution in [1.29, 1.82) is 0 Å². The van der Waals surface area contributed by atoms with E-state index in [4.69, 9.17) is 14.5 Å². The molecule has 28 heavy (non-hydrogen) atoms. The molecule has 4 rings (SSSR count). The number of carbonyl (C=O) groups excluding carboxylic acids is 1. The number of benzene rings is 1. The molecule has 1 fully saturated rings. The molecule has 1 aliphatic heterocycles. The molecule has 7 nitrogen and oxygen atoms in total. The Morgan fingerprint density at radius 3 is 2.79 bits per heavy atom. The van der Waals surface area contributed by atoms with Gasteiger partial charge in [0.25, 0.3) is 5.91 Å². The minimum atomic E-state index is 0.0443. The Bertz CT molecular complexity index is 967. The fraction of sp³-hybridized carbons (Fsp3) is 0.381. The van der Waals surface area contributed by atoms with E-state index >= 15 is 0 Å². The molecule has 3 heterocycles. The van der Waals surface area contributed by atoms with Gasteiger partial charge in [0, 0.05) is 44.4 Å². The zero-order chi connectivity index (χ0) is 19.5. The molecule has 0 unspecified atom stereocenters. The van der Waals surface area contributed by atoms with Gasteiger partial charge in [-0.2, -0.15) is 0 Å². The molecule has 7 heteroatoms. The van der Waals surface area contributed by atoms with Crippen LogP contribution in [-0.4, -0.2) is 59.3 Å². The number of hydrogen-bond donors (Lipinski definition) is 0. The first-order valence-corrected chi connectivity index (χ1v) is 9.44. The van der Waals surface area contributed by atoms with Crippen LogP contribution in [0, 0.1) is 0 Å². The average Bonchev–Trinajstić information content (AvgIpc) is 3.36. The monoisotopic (exact) mass is 380 g/mol. The van der Waals surface area contributed by atoms with Crippen LogP contribution < -0.4 is 4.74 Å². The first kappa shape index (κ1) is 18.4. The number of ether oxygens (including phenoxy) is 2. The topological polar surface area (TPSA) is 69.5 Å². The van der Waals surface area contributed by atoms with Crippen molar-refractivity contribution in [3.05, 3.63) is 54.0 Å². The molecule has 3 aromatic rings. The summed E-state index contributed by atoms with van der Waals surface area (Å²) in [7, 11) is 3.31. The minimum absolute atomic E-state index is 0.0443. The van der Waals surface area contributed by atoms with Gasteiger partial charge in [0.05, 0.1) is 13.7 Å². The Morgan fingerprint density at radius 1 is 1.21 bits per heavy atom. The normalized spacial score (nSPS) is 16.6. The van der Waals surface area contributed by atoms with Crippen molar-refractivity contribution in [1.82, 2.24) is 19.4 Å². The van der Waals surface area contributed by atoms with E-state index in [1.165, 1.54) is 0 Å². The SMILES string of the molecule is COCCn1c([C@@H]2CCN(C(=O)c3ccc(OC)cc3)C2)nc2cccnc21.